The fourth-order valence-corrected chi connectivity index (χ4v) is 2.28. The molecule has 3 rings (SSSR count). The monoisotopic (exact) mass is 203 g/mol. The predicted octanol–water partition coefficient (Wildman–Crippen LogP) is -0.853. The first-order valence-corrected chi connectivity index (χ1v) is 4.67. The van der Waals surface area contributed by atoms with Gasteiger partial charge in [-0.25, -0.2) is 4.79 Å². The number of phosphoric acid groups is 1. The number of nitrogens with two attached hydrogens (primary N) is 1. The summed E-state index contributed by atoms with van der Waals surface area (Å²) < 4.78 is 25.9. The fraction of sp³-hybridized carbons (Fsp3) is 0. The van der Waals surface area contributed by atoms with Crippen LogP contribution in [0.4, 0.5) is 5.82 Å². The van der Waals surface area contributed by atoms with Crippen molar-refractivity contribution in [2.75, 3.05) is 5.73 Å². The van der Waals surface area contributed by atoms with Crippen molar-refractivity contribution in [2.24, 2.45) is 0 Å². The minimum atomic E-state index is -3.71. The van der Waals surface area contributed by atoms with Gasteiger partial charge in [-0.2, -0.15) is 9.55 Å². The first-order chi connectivity index (χ1) is 6.09. The second-order valence-corrected chi connectivity index (χ2v) is 3.84. The van der Waals surface area contributed by atoms with Gasteiger partial charge in [-0.15, -0.1) is 0 Å². The number of phosphoric ester groups is 1. The van der Waals surface area contributed by atoms with E-state index in [-0.39, 0.29) is 17.4 Å². The van der Waals surface area contributed by atoms with Gasteiger partial charge in [-0.3, -0.25) is 4.62 Å². The topological polar surface area (TPSA) is 106 Å². The Morgan fingerprint density at radius 2 is 2.23 bits per heavy atom. The first-order valence-electron chi connectivity index (χ1n) is 3.21. The number of hydrogen-bond acceptors (Lipinski definition) is 7. The van der Waals surface area contributed by atoms with Crippen molar-refractivity contribution in [1.29, 1.82) is 0 Å². The summed E-state index contributed by atoms with van der Waals surface area (Å²) in [5, 5.41) is 0. The van der Waals surface area contributed by atoms with Crippen LogP contribution in [0, 0.1) is 0 Å². The highest BCUT2D eigenvalue weighted by Crippen LogP contribution is 2.60. The number of rotatable bonds is 0. The van der Waals surface area contributed by atoms with Gasteiger partial charge in [-0.05, 0) is 0 Å². The lowest BCUT2D eigenvalue weighted by atomic mass is 10.5. The summed E-state index contributed by atoms with van der Waals surface area (Å²) in [5.74, 6) is -0.284. The summed E-state index contributed by atoms with van der Waals surface area (Å²) in [7, 11) is -3.71. The average molecular weight is 203 g/mol. The zero-order chi connectivity index (χ0) is 9.22. The van der Waals surface area contributed by atoms with Crippen LogP contribution >= 0.6 is 7.82 Å². The Hall–Kier alpha value is -1.69. The highest BCUT2D eigenvalue weighted by atomic mass is 31.2. The number of aromatic nitrogens is 2. The standard InChI is InChI=1S/C4H2N3O5P/c5-2-1-3-6-4(8)7(2)12-13(9,10-1)11-3/h5H2. The summed E-state index contributed by atoms with van der Waals surface area (Å²) in [6, 6.07) is 0. The average Bonchev–Trinajstić information content (AvgIpc) is 2.25. The van der Waals surface area contributed by atoms with Crippen molar-refractivity contribution in [3.8, 4) is 11.6 Å². The molecule has 3 bridgehead atoms. The maximum atomic E-state index is 11.4. The Bertz CT molecular complexity index is 521. The predicted molar refractivity (Wildman–Crippen MR) is 38.4 cm³/mol. The van der Waals surface area contributed by atoms with E-state index in [4.69, 9.17) is 10.3 Å². The molecule has 0 aliphatic carbocycles. The summed E-state index contributed by atoms with van der Waals surface area (Å²) in [6.45, 7) is 0. The molecule has 0 aromatic carbocycles. The van der Waals surface area contributed by atoms with Gasteiger partial charge in [0.1, 0.15) is 0 Å². The van der Waals surface area contributed by atoms with Gasteiger partial charge in [0.25, 0.3) is 5.88 Å². The van der Waals surface area contributed by atoms with Crippen LogP contribution in [0.25, 0.3) is 0 Å². The SMILES string of the molecule is Nc1c2c3nc(=O)n1OP(=O)(O3)O2. The molecule has 13 heavy (non-hydrogen) atoms. The highest BCUT2D eigenvalue weighted by Gasteiger charge is 2.50. The number of hydrogen-bond donors (Lipinski definition) is 1. The molecule has 1 atom stereocenters. The lowest BCUT2D eigenvalue weighted by Gasteiger charge is -2.15. The quantitative estimate of drug-likeness (QED) is 0.547. The van der Waals surface area contributed by atoms with E-state index in [1.54, 1.807) is 0 Å². The molecule has 0 fully saturated rings. The molecule has 2 N–H and O–H groups in total. The van der Waals surface area contributed by atoms with Gasteiger partial charge in [-0.1, -0.05) is 4.73 Å². The molecule has 0 saturated heterocycles. The lowest BCUT2D eigenvalue weighted by molar-refractivity contribution is 0.191. The summed E-state index contributed by atoms with van der Waals surface area (Å²) in [5.41, 5.74) is 4.62. The molecule has 68 valence electrons. The third kappa shape index (κ3) is 0.642. The van der Waals surface area contributed by atoms with E-state index in [0.29, 0.717) is 4.73 Å². The number of anilines is 1. The Balaban J connectivity index is 2.51. The van der Waals surface area contributed by atoms with Crippen LogP contribution in [-0.4, -0.2) is 9.71 Å². The lowest BCUT2D eigenvalue weighted by Crippen LogP contribution is -2.31. The Morgan fingerprint density at radius 3 is 3.00 bits per heavy atom. The molecular weight excluding hydrogens is 201 g/mol. The Kier molecular flexibility index (Phi) is 0.859. The molecule has 0 radical (unpaired) electrons. The van der Waals surface area contributed by atoms with E-state index in [1.807, 2.05) is 0 Å². The smallest absolute Gasteiger partial charge is 0.379 e. The molecule has 9 heteroatoms. The van der Waals surface area contributed by atoms with Crippen molar-refractivity contribution in [1.82, 2.24) is 9.71 Å². The van der Waals surface area contributed by atoms with Gasteiger partial charge >= 0.3 is 13.5 Å². The second kappa shape index (κ2) is 1.64. The van der Waals surface area contributed by atoms with E-state index in [0.717, 1.165) is 0 Å². The van der Waals surface area contributed by atoms with E-state index in [9.17, 15) is 9.36 Å². The molecule has 0 saturated carbocycles. The third-order valence-electron chi connectivity index (χ3n) is 1.60. The highest BCUT2D eigenvalue weighted by molar-refractivity contribution is 7.50. The zero-order valence-corrected chi connectivity index (χ0v) is 6.85. The van der Waals surface area contributed by atoms with E-state index in [1.165, 1.54) is 0 Å². The number of nitrogen functional groups attached to an aromatic ring is 1. The molecule has 8 nitrogen and oxygen atoms in total. The van der Waals surface area contributed by atoms with Crippen LogP contribution in [0.15, 0.2) is 4.79 Å². The second-order valence-electron chi connectivity index (χ2n) is 2.42. The first kappa shape index (κ1) is 6.79. The van der Waals surface area contributed by atoms with E-state index in [2.05, 4.69) is 14.1 Å². The van der Waals surface area contributed by atoms with Gasteiger partial charge in [0, 0.05) is 0 Å². The van der Waals surface area contributed by atoms with Gasteiger partial charge in [0.05, 0.1) is 0 Å². The summed E-state index contributed by atoms with van der Waals surface area (Å²) in [6.07, 6.45) is 0. The third-order valence-corrected chi connectivity index (χ3v) is 2.77. The van der Waals surface area contributed by atoms with E-state index < -0.39 is 13.5 Å². The maximum absolute atomic E-state index is 11.4. The van der Waals surface area contributed by atoms with Crippen molar-refractivity contribution >= 4 is 13.6 Å². The Morgan fingerprint density at radius 1 is 1.46 bits per heavy atom. The molecule has 0 amide bonds. The molecule has 2 aliphatic heterocycles. The minimum absolute atomic E-state index is 0.00539. The van der Waals surface area contributed by atoms with Crippen molar-refractivity contribution in [2.45, 2.75) is 0 Å². The maximum Gasteiger partial charge on any atom is 0.668 e. The van der Waals surface area contributed by atoms with Gasteiger partial charge in [0.15, 0.2) is 5.82 Å². The molecule has 1 aromatic heterocycles. The van der Waals surface area contributed by atoms with Crippen LogP contribution in [0.1, 0.15) is 0 Å². The number of fused-ring (bicyclic) bond motifs is 2. The van der Waals surface area contributed by atoms with Crippen LogP contribution in [0.3, 0.4) is 0 Å². The van der Waals surface area contributed by atoms with Crippen LogP contribution < -0.4 is 25.1 Å². The largest absolute Gasteiger partial charge is 0.668 e. The van der Waals surface area contributed by atoms with Crippen molar-refractivity contribution in [3.63, 3.8) is 0 Å². The molecule has 1 aromatic rings. The van der Waals surface area contributed by atoms with Crippen LogP contribution in [0.5, 0.6) is 11.6 Å². The molecule has 2 aliphatic rings. The van der Waals surface area contributed by atoms with Crippen molar-refractivity contribution in [3.05, 3.63) is 10.5 Å². The minimum Gasteiger partial charge on any atom is -0.379 e. The fourth-order valence-electron chi connectivity index (χ4n) is 1.08. The van der Waals surface area contributed by atoms with Crippen LogP contribution in [0.2, 0.25) is 0 Å². The van der Waals surface area contributed by atoms with Gasteiger partial charge in [0.2, 0.25) is 5.75 Å². The molecular formula is C4H2N3O5P. The summed E-state index contributed by atoms with van der Waals surface area (Å²) in [4.78, 5) is 14.4. The molecule has 0 spiro atoms. The van der Waals surface area contributed by atoms with Crippen LogP contribution in [-0.2, 0) is 4.57 Å². The molecule has 3 heterocycles. The molecule has 1 unspecified atom stereocenters. The van der Waals surface area contributed by atoms with Gasteiger partial charge < -0.3 is 14.8 Å². The normalized spacial score (nSPS) is 26.5. The Labute approximate surface area is 70.4 Å². The van der Waals surface area contributed by atoms with E-state index >= 15 is 0 Å². The summed E-state index contributed by atoms with van der Waals surface area (Å²) >= 11 is 0. The number of nitrogens with zero attached hydrogens (tertiary/aromatic N) is 2. The zero-order valence-electron chi connectivity index (χ0n) is 5.96. The van der Waals surface area contributed by atoms with Crippen molar-refractivity contribution < 1.29 is 18.2 Å².